The molecule has 0 aromatic carbocycles. The number of nitroso groups, excluding NO2 is 1. The van der Waals surface area contributed by atoms with Gasteiger partial charge >= 0.3 is 0 Å². The molecular formula is C10H19NO3. The van der Waals surface area contributed by atoms with Gasteiger partial charge in [0.2, 0.25) is 0 Å². The van der Waals surface area contributed by atoms with E-state index in [0.29, 0.717) is 0 Å². The van der Waals surface area contributed by atoms with Crippen LogP contribution < -0.4 is 0 Å². The Morgan fingerprint density at radius 1 is 1.36 bits per heavy atom. The molecule has 0 N–H and O–H groups in total. The zero-order valence-electron chi connectivity index (χ0n) is 9.10. The van der Waals surface area contributed by atoms with E-state index < -0.39 is 6.10 Å². The van der Waals surface area contributed by atoms with Gasteiger partial charge in [-0.1, -0.05) is 25.9 Å². The molecule has 82 valence electrons. The second-order valence-corrected chi connectivity index (χ2v) is 3.46. The summed E-state index contributed by atoms with van der Waals surface area (Å²) in [6.07, 6.45) is 2.11. The molecule has 0 aromatic rings. The number of nitrogens with zero attached hydrogens (tertiary/aromatic N) is 1. The van der Waals surface area contributed by atoms with E-state index in [2.05, 4.69) is 5.18 Å². The Labute approximate surface area is 85.0 Å². The van der Waals surface area contributed by atoms with Crippen LogP contribution in [0.2, 0.25) is 0 Å². The fourth-order valence-electron chi connectivity index (χ4n) is 1.23. The maximum Gasteiger partial charge on any atom is 0.149 e. The van der Waals surface area contributed by atoms with Crippen molar-refractivity contribution in [3.05, 3.63) is 4.91 Å². The number of hydrogen-bond acceptors (Lipinski definition) is 4. The molecule has 4 nitrogen and oxygen atoms in total. The number of hydrogen-bond donors (Lipinski definition) is 0. The molecule has 0 heterocycles. The minimum atomic E-state index is -0.502. The van der Waals surface area contributed by atoms with Crippen molar-refractivity contribution < 1.29 is 9.53 Å². The monoisotopic (exact) mass is 201 g/mol. The molecule has 14 heavy (non-hydrogen) atoms. The number of carbonyl (C=O) groups is 1. The highest BCUT2D eigenvalue weighted by Gasteiger charge is 2.20. The minimum absolute atomic E-state index is 0.0966. The molecule has 0 bridgehead atoms. The summed E-state index contributed by atoms with van der Waals surface area (Å²) in [5, 5.41) is 2.77. The number of rotatable bonds is 8. The van der Waals surface area contributed by atoms with E-state index >= 15 is 0 Å². The highest BCUT2D eigenvalue weighted by Crippen LogP contribution is 2.12. The van der Waals surface area contributed by atoms with Crippen molar-refractivity contribution >= 4 is 6.29 Å². The van der Waals surface area contributed by atoms with E-state index in [9.17, 15) is 9.70 Å². The Hall–Kier alpha value is -0.770. The fraction of sp³-hybridized carbons (Fsp3) is 0.900. The van der Waals surface area contributed by atoms with Crippen molar-refractivity contribution in [3.8, 4) is 0 Å². The molecule has 0 saturated heterocycles. The normalized spacial score (nSPS) is 15.1. The van der Waals surface area contributed by atoms with Crippen molar-refractivity contribution in [3.63, 3.8) is 0 Å². The van der Waals surface area contributed by atoms with Crippen molar-refractivity contribution in [1.29, 1.82) is 0 Å². The molecule has 0 saturated carbocycles. The average Bonchev–Trinajstić information content (AvgIpc) is 2.20. The highest BCUT2D eigenvalue weighted by atomic mass is 16.5. The lowest BCUT2D eigenvalue weighted by Gasteiger charge is -2.22. The lowest BCUT2D eigenvalue weighted by molar-refractivity contribution is -0.126. The van der Waals surface area contributed by atoms with Crippen molar-refractivity contribution in [1.82, 2.24) is 0 Å². The standard InChI is InChI=1S/C10H19NO3/c1-4-9(5-2)14-10(7-12)8(3)6-11-13/h7-10H,4-6H2,1-3H3/t8-,10-/m1/s1. The predicted octanol–water partition coefficient (Wildman–Crippen LogP) is 2.16. The van der Waals surface area contributed by atoms with Gasteiger partial charge in [0.05, 0.1) is 12.6 Å². The Kier molecular flexibility index (Phi) is 7.20. The third-order valence-corrected chi connectivity index (χ3v) is 2.32. The van der Waals surface area contributed by atoms with Gasteiger partial charge in [0.25, 0.3) is 0 Å². The summed E-state index contributed by atoms with van der Waals surface area (Å²) in [5.74, 6) is -0.134. The summed E-state index contributed by atoms with van der Waals surface area (Å²) in [4.78, 5) is 20.8. The molecule has 0 aromatic heterocycles. The average molecular weight is 201 g/mol. The molecule has 0 rings (SSSR count). The lowest BCUT2D eigenvalue weighted by Crippen LogP contribution is -2.30. The van der Waals surface area contributed by atoms with E-state index in [1.807, 2.05) is 13.8 Å². The summed E-state index contributed by atoms with van der Waals surface area (Å²) >= 11 is 0. The van der Waals surface area contributed by atoms with Crippen LogP contribution in [0.25, 0.3) is 0 Å². The largest absolute Gasteiger partial charge is 0.367 e. The van der Waals surface area contributed by atoms with Crippen LogP contribution in [0.5, 0.6) is 0 Å². The zero-order chi connectivity index (χ0) is 11.0. The summed E-state index contributed by atoms with van der Waals surface area (Å²) in [5.41, 5.74) is 0. The van der Waals surface area contributed by atoms with Gasteiger partial charge in [-0.25, -0.2) is 0 Å². The van der Waals surface area contributed by atoms with Crippen LogP contribution in [0.3, 0.4) is 0 Å². The van der Waals surface area contributed by atoms with Crippen molar-refractivity contribution in [2.24, 2.45) is 11.1 Å². The third kappa shape index (κ3) is 4.46. The lowest BCUT2D eigenvalue weighted by atomic mass is 10.1. The number of ether oxygens (including phenoxy) is 1. The van der Waals surface area contributed by atoms with Crippen molar-refractivity contribution in [2.45, 2.75) is 45.8 Å². The second-order valence-electron chi connectivity index (χ2n) is 3.46. The van der Waals surface area contributed by atoms with Crippen LogP contribution in [-0.2, 0) is 9.53 Å². The molecule has 0 aliphatic carbocycles. The molecule has 2 atom stereocenters. The van der Waals surface area contributed by atoms with Gasteiger partial charge < -0.3 is 9.53 Å². The molecular weight excluding hydrogens is 182 g/mol. The van der Waals surface area contributed by atoms with Crippen LogP contribution in [0, 0.1) is 10.8 Å². The summed E-state index contributed by atoms with van der Waals surface area (Å²) in [6, 6.07) is 0. The smallest absolute Gasteiger partial charge is 0.149 e. The zero-order valence-corrected chi connectivity index (χ0v) is 9.10. The van der Waals surface area contributed by atoms with Crippen LogP contribution in [0.1, 0.15) is 33.6 Å². The van der Waals surface area contributed by atoms with E-state index in [4.69, 9.17) is 4.74 Å². The van der Waals surface area contributed by atoms with Gasteiger partial charge in [-0.05, 0) is 12.8 Å². The summed E-state index contributed by atoms with van der Waals surface area (Å²) in [7, 11) is 0. The van der Waals surface area contributed by atoms with E-state index in [0.717, 1.165) is 19.1 Å². The molecule has 0 aliphatic rings. The first-order valence-electron chi connectivity index (χ1n) is 5.09. The molecule has 0 fully saturated rings. The Bertz CT molecular complexity index is 169. The number of carbonyl (C=O) groups excluding carboxylic acids is 1. The quantitative estimate of drug-likeness (QED) is 0.446. The topological polar surface area (TPSA) is 55.7 Å². The maximum absolute atomic E-state index is 10.7. The first-order valence-corrected chi connectivity index (χ1v) is 5.09. The van der Waals surface area contributed by atoms with Crippen LogP contribution in [0.4, 0.5) is 0 Å². The van der Waals surface area contributed by atoms with Crippen LogP contribution in [-0.4, -0.2) is 25.0 Å². The predicted molar refractivity (Wildman–Crippen MR) is 55.1 cm³/mol. The van der Waals surface area contributed by atoms with Gasteiger partial charge in [0.1, 0.15) is 12.4 Å². The number of aldehydes is 1. The van der Waals surface area contributed by atoms with E-state index in [1.54, 1.807) is 6.92 Å². The SMILES string of the molecule is CCC(CC)O[C@H](C=O)[C@H](C)CN=O. The van der Waals surface area contributed by atoms with Gasteiger partial charge in [-0.2, -0.15) is 4.91 Å². The van der Waals surface area contributed by atoms with Gasteiger partial charge in [-0.3, -0.25) is 0 Å². The van der Waals surface area contributed by atoms with Gasteiger partial charge in [0, 0.05) is 5.92 Å². The molecule has 4 heteroatoms. The minimum Gasteiger partial charge on any atom is -0.367 e. The van der Waals surface area contributed by atoms with Crippen molar-refractivity contribution in [2.75, 3.05) is 6.54 Å². The Balaban J connectivity index is 4.11. The second kappa shape index (κ2) is 7.62. The van der Waals surface area contributed by atoms with Gasteiger partial charge in [0.15, 0.2) is 0 Å². The molecule has 0 radical (unpaired) electrons. The molecule has 0 aliphatic heterocycles. The summed E-state index contributed by atoms with van der Waals surface area (Å²) < 4.78 is 5.55. The van der Waals surface area contributed by atoms with Gasteiger partial charge in [-0.15, -0.1) is 0 Å². The Morgan fingerprint density at radius 2 is 1.93 bits per heavy atom. The van der Waals surface area contributed by atoms with Crippen LogP contribution >= 0.6 is 0 Å². The highest BCUT2D eigenvalue weighted by molar-refractivity contribution is 5.56. The molecule has 0 spiro atoms. The van der Waals surface area contributed by atoms with E-state index in [-0.39, 0.29) is 18.6 Å². The molecule has 0 unspecified atom stereocenters. The Morgan fingerprint density at radius 3 is 2.29 bits per heavy atom. The molecule has 0 amide bonds. The maximum atomic E-state index is 10.7. The first-order chi connectivity index (χ1) is 6.69. The summed E-state index contributed by atoms with van der Waals surface area (Å²) in [6.45, 7) is 5.95. The van der Waals surface area contributed by atoms with Crippen LogP contribution in [0.15, 0.2) is 5.18 Å². The third-order valence-electron chi connectivity index (χ3n) is 2.32. The first kappa shape index (κ1) is 13.2. The fourth-order valence-corrected chi connectivity index (χ4v) is 1.23. The van der Waals surface area contributed by atoms with E-state index in [1.165, 1.54) is 0 Å².